The fraction of sp³-hybridized carbons (Fsp3) is 0.267. The second kappa shape index (κ2) is 5.65. The van der Waals surface area contributed by atoms with Crippen molar-refractivity contribution in [1.29, 1.82) is 0 Å². The molecule has 0 amide bonds. The van der Waals surface area contributed by atoms with E-state index in [4.69, 9.17) is 10.5 Å². The third-order valence-electron chi connectivity index (χ3n) is 2.94. The number of aromatic nitrogens is 1. The van der Waals surface area contributed by atoms with Gasteiger partial charge in [-0.3, -0.25) is 4.98 Å². The fourth-order valence-electron chi connectivity index (χ4n) is 2.02. The second-order valence-electron chi connectivity index (χ2n) is 4.13. The van der Waals surface area contributed by atoms with Crippen molar-refractivity contribution in [2.75, 3.05) is 6.61 Å². The van der Waals surface area contributed by atoms with E-state index in [1.807, 2.05) is 50.2 Å². The number of benzene rings is 1. The molecule has 0 saturated carbocycles. The van der Waals surface area contributed by atoms with Gasteiger partial charge in [0.1, 0.15) is 5.75 Å². The topological polar surface area (TPSA) is 48.1 Å². The highest BCUT2D eigenvalue weighted by atomic mass is 16.5. The molecule has 3 nitrogen and oxygen atoms in total. The van der Waals surface area contributed by atoms with E-state index in [0.717, 1.165) is 22.6 Å². The molecule has 1 aromatic heterocycles. The van der Waals surface area contributed by atoms with Crippen molar-refractivity contribution < 1.29 is 4.74 Å². The number of nitrogens with zero attached hydrogens (tertiary/aromatic N) is 1. The van der Waals surface area contributed by atoms with E-state index in [9.17, 15) is 0 Å². The average molecular weight is 242 g/mol. The number of nitrogens with two attached hydrogens (primary N) is 1. The second-order valence-corrected chi connectivity index (χ2v) is 4.13. The van der Waals surface area contributed by atoms with Gasteiger partial charge in [-0.2, -0.15) is 0 Å². The molecule has 0 fully saturated rings. The van der Waals surface area contributed by atoms with Crippen molar-refractivity contribution >= 4 is 0 Å². The highest BCUT2D eigenvalue weighted by molar-refractivity contribution is 5.42. The van der Waals surface area contributed by atoms with Gasteiger partial charge in [-0.15, -0.1) is 0 Å². The minimum atomic E-state index is -0.207. The van der Waals surface area contributed by atoms with E-state index in [0.29, 0.717) is 6.61 Å². The van der Waals surface area contributed by atoms with E-state index >= 15 is 0 Å². The SMILES string of the molecule is CCOc1ccccc1C(N)c1cccnc1C. The van der Waals surface area contributed by atoms with Gasteiger partial charge < -0.3 is 10.5 Å². The molecule has 0 aliphatic rings. The van der Waals surface area contributed by atoms with Crippen molar-refractivity contribution in [3.05, 3.63) is 59.4 Å². The first kappa shape index (κ1) is 12.6. The van der Waals surface area contributed by atoms with Crippen LogP contribution in [0.5, 0.6) is 5.75 Å². The summed E-state index contributed by atoms with van der Waals surface area (Å²) in [5.74, 6) is 0.843. The van der Waals surface area contributed by atoms with Crippen LogP contribution in [0.4, 0.5) is 0 Å². The molecule has 94 valence electrons. The summed E-state index contributed by atoms with van der Waals surface area (Å²) in [6.45, 7) is 4.58. The highest BCUT2D eigenvalue weighted by Gasteiger charge is 2.15. The average Bonchev–Trinajstić information content (AvgIpc) is 2.40. The van der Waals surface area contributed by atoms with Crippen LogP contribution >= 0.6 is 0 Å². The fourth-order valence-corrected chi connectivity index (χ4v) is 2.02. The molecule has 0 aliphatic heterocycles. The Labute approximate surface area is 108 Å². The van der Waals surface area contributed by atoms with E-state index in [1.165, 1.54) is 0 Å². The molecule has 1 unspecified atom stereocenters. The standard InChI is InChI=1S/C15H18N2O/c1-3-18-14-9-5-4-7-13(14)15(16)12-8-6-10-17-11(12)2/h4-10,15H,3,16H2,1-2H3. The minimum Gasteiger partial charge on any atom is -0.494 e. The predicted molar refractivity (Wildman–Crippen MR) is 72.6 cm³/mol. The lowest BCUT2D eigenvalue weighted by atomic mass is 9.98. The zero-order chi connectivity index (χ0) is 13.0. The minimum absolute atomic E-state index is 0.207. The maximum Gasteiger partial charge on any atom is 0.124 e. The van der Waals surface area contributed by atoms with Crippen LogP contribution in [0.2, 0.25) is 0 Å². The number of ether oxygens (including phenoxy) is 1. The lowest BCUT2D eigenvalue weighted by Crippen LogP contribution is -2.15. The lowest BCUT2D eigenvalue weighted by Gasteiger charge is -2.18. The Kier molecular flexibility index (Phi) is 3.95. The zero-order valence-electron chi connectivity index (χ0n) is 10.8. The quantitative estimate of drug-likeness (QED) is 0.896. The molecule has 1 atom stereocenters. The molecule has 0 bridgehead atoms. The number of rotatable bonds is 4. The van der Waals surface area contributed by atoms with Gasteiger partial charge in [0.25, 0.3) is 0 Å². The summed E-state index contributed by atoms with van der Waals surface area (Å²) >= 11 is 0. The largest absolute Gasteiger partial charge is 0.494 e. The van der Waals surface area contributed by atoms with Crippen LogP contribution in [-0.2, 0) is 0 Å². The summed E-state index contributed by atoms with van der Waals surface area (Å²) in [5, 5.41) is 0. The molecular formula is C15H18N2O. The first-order valence-corrected chi connectivity index (χ1v) is 6.13. The molecule has 2 N–H and O–H groups in total. The van der Waals surface area contributed by atoms with Gasteiger partial charge in [-0.1, -0.05) is 24.3 Å². The number of hydrogen-bond acceptors (Lipinski definition) is 3. The summed E-state index contributed by atoms with van der Waals surface area (Å²) in [4.78, 5) is 4.28. The molecule has 2 aromatic rings. The molecule has 1 heterocycles. The van der Waals surface area contributed by atoms with Gasteiger partial charge in [0.2, 0.25) is 0 Å². The summed E-state index contributed by atoms with van der Waals surface area (Å²) < 4.78 is 5.62. The third-order valence-corrected chi connectivity index (χ3v) is 2.94. The molecule has 18 heavy (non-hydrogen) atoms. The van der Waals surface area contributed by atoms with Gasteiger partial charge in [0.05, 0.1) is 12.6 Å². The predicted octanol–water partition coefficient (Wildman–Crippen LogP) is 2.84. The Morgan fingerprint density at radius 2 is 1.89 bits per heavy atom. The van der Waals surface area contributed by atoms with Crippen LogP contribution in [0.3, 0.4) is 0 Å². The van der Waals surface area contributed by atoms with Gasteiger partial charge in [0.15, 0.2) is 0 Å². The maximum absolute atomic E-state index is 6.33. The molecule has 3 heteroatoms. The molecule has 0 saturated heterocycles. The Balaban J connectivity index is 2.40. The molecule has 2 rings (SSSR count). The third kappa shape index (κ3) is 2.51. The smallest absolute Gasteiger partial charge is 0.124 e. The van der Waals surface area contributed by atoms with Gasteiger partial charge in [0, 0.05) is 17.5 Å². The van der Waals surface area contributed by atoms with Crippen LogP contribution in [-0.4, -0.2) is 11.6 Å². The van der Waals surface area contributed by atoms with E-state index in [-0.39, 0.29) is 6.04 Å². The Morgan fingerprint density at radius 1 is 1.17 bits per heavy atom. The monoisotopic (exact) mass is 242 g/mol. The van der Waals surface area contributed by atoms with Crippen LogP contribution in [0.1, 0.15) is 29.8 Å². The number of pyridine rings is 1. The Morgan fingerprint density at radius 3 is 2.61 bits per heavy atom. The first-order valence-electron chi connectivity index (χ1n) is 6.13. The maximum atomic E-state index is 6.33. The van der Waals surface area contributed by atoms with Crippen molar-refractivity contribution in [2.24, 2.45) is 5.73 Å². The van der Waals surface area contributed by atoms with Crippen LogP contribution < -0.4 is 10.5 Å². The summed E-state index contributed by atoms with van der Waals surface area (Å²) in [7, 11) is 0. The van der Waals surface area contributed by atoms with Crippen molar-refractivity contribution in [3.63, 3.8) is 0 Å². The first-order chi connectivity index (χ1) is 8.74. The number of para-hydroxylation sites is 1. The molecule has 0 spiro atoms. The van der Waals surface area contributed by atoms with Crippen LogP contribution in [0.25, 0.3) is 0 Å². The van der Waals surface area contributed by atoms with Crippen LogP contribution in [0.15, 0.2) is 42.6 Å². The normalized spacial score (nSPS) is 12.2. The summed E-state index contributed by atoms with van der Waals surface area (Å²) in [6.07, 6.45) is 1.78. The van der Waals surface area contributed by atoms with Crippen molar-refractivity contribution in [1.82, 2.24) is 4.98 Å². The van der Waals surface area contributed by atoms with Gasteiger partial charge in [-0.05, 0) is 31.5 Å². The zero-order valence-corrected chi connectivity index (χ0v) is 10.8. The Bertz CT molecular complexity index is 525. The molecule has 0 radical (unpaired) electrons. The summed E-state index contributed by atoms with van der Waals surface area (Å²) in [6, 6.07) is 11.6. The number of hydrogen-bond donors (Lipinski definition) is 1. The molecule has 0 aliphatic carbocycles. The van der Waals surface area contributed by atoms with Crippen LogP contribution in [0, 0.1) is 6.92 Å². The van der Waals surface area contributed by atoms with E-state index in [2.05, 4.69) is 4.98 Å². The summed E-state index contributed by atoms with van der Waals surface area (Å²) in [5.41, 5.74) is 9.31. The van der Waals surface area contributed by atoms with Gasteiger partial charge in [-0.25, -0.2) is 0 Å². The van der Waals surface area contributed by atoms with Crippen molar-refractivity contribution in [2.45, 2.75) is 19.9 Å². The number of aryl methyl sites for hydroxylation is 1. The molecule has 1 aromatic carbocycles. The highest BCUT2D eigenvalue weighted by Crippen LogP contribution is 2.29. The lowest BCUT2D eigenvalue weighted by molar-refractivity contribution is 0.335. The van der Waals surface area contributed by atoms with Crippen molar-refractivity contribution in [3.8, 4) is 5.75 Å². The van der Waals surface area contributed by atoms with E-state index in [1.54, 1.807) is 6.20 Å². The molecular weight excluding hydrogens is 224 g/mol. The van der Waals surface area contributed by atoms with Gasteiger partial charge >= 0.3 is 0 Å². The Hall–Kier alpha value is -1.87. The van der Waals surface area contributed by atoms with E-state index < -0.39 is 0 Å².